The molecule has 0 saturated heterocycles. The molecule has 0 radical (unpaired) electrons. The molecule has 86 valence electrons. The number of alkyl halides is 3. The second kappa shape index (κ2) is 4.55. The van der Waals surface area contributed by atoms with E-state index in [4.69, 9.17) is 0 Å². The average molecular weight is 222 g/mol. The van der Waals surface area contributed by atoms with Crippen LogP contribution in [0.25, 0.3) is 0 Å². The molecule has 0 atom stereocenters. The van der Waals surface area contributed by atoms with Crippen molar-refractivity contribution in [2.45, 2.75) is 19.5 Å². The molecule has 0 aromatic rings. The number of carbonyl (C=O) groups is 1. The van der Waals surface area contributed by atoms with E-state index in [0.717, 1.165) is 5.57 Å². The van der Waals surface area contributed by atoms with Crippen molar-refractivity contribution in [2.75, 3.05) is 19.6 Å². The monoisotopic (exact) mass is 222 g/mol. The SMILES string of the molecule is CC1=CCCN(C(=O)NCC(F)(F)F)C1. The van der Waals surface area contributed by atoms with Gasteiger partial charge in [-0.25, -0.2) is 4.79 Å². The van der Waals surface area contributed by atoms with Gasteiger partial charge in [0.15, 0.2) is 0 Å². The van der Waals surface area contributed by atoms with E-state index in [1.165, 1.54) is 4.90 Å². The molecule has 0 aromatic carbocycles. The van der Waals surface area contributed by atoms with Crippen LogP contribution in [-0.2, 0) is 0 Å². The minimum absolute atomic E-state index is 0.406. The summed E-state index contributed by atoms with van der Waals surface area (Å²) in [7, 11) is 0. The number of urea groups is 1. The van der Waals surface area contributed by atoms with Crippen LogP contribution in [0.1, 0.15) is 13.3 Å². The third-order valence-electron chi connectivity index (χ3n) is 2.06. The highest BCUT2D eigenvalue weighted by Crippen LogP contribution is 2.13. The molecule has 0 saturated carbocycles. The minimum Gasteiger partial charge on any atom is -0.329 e. The van der Waals surface area contributed by atoms with Gasteiger partial charge < -0.3 is 10.2 Å². The lowest BCUT2D eigenvalue weighted by Gasteiger charge is -2.26. The van der Waals surface area contributed by atoms with Crippen molar-refractivity contribution in [1.29, 1.82) is 0 Å². The zero-order valence-electron chi connectivity index (χ0n) is 8.40. The Labute approximate surface area is 85.9 Å². The smallest absolute Gasteiger partial charge is 0.329 e. The quantitative estimate of drug-likeness (QED) is 0.675. The van der Waals surface area contributed by atoms with Crippen LogP contribution in [0.15, 0.2) is 11.6 Å². The Bertz CT molecular complexity index is 273. The summed E-state index contributed by atoms with van der Waals surface area (Å²) in [5.74, 6) is 0. The van der Waals surface area contributed by atoms with E-state index in [1.807, 2.05) is 18.3 Å². The largest absolute Gasteiger partial charge is 0.405 e. The zero-order valence-corrected chi connectivity index (χ0v) is 8.40. The summed E-state index contributed by atoms with van der Waals surface area (Å²) >= 11 is 0. The van der Waals surface area contributed by atoms with E-state index in [1.54, 1.807) is 0 Å². The fourth-order valence-electron chi connectivity index (χ4n) is 1.37. The Morgan fingerprint density at radius 3 is 2.80 bits per heavy atom. The number of rotatable bonds is 1. The molecule has 1 rings (SSSR count). The number of nitrogens with one attached hydrogen (secondary N) is 1. The van der Waals surface area contributed by atoms with E-state index in [-0.39, 0.29) is 0 Å². The van der Waals surface area contributed by atoms with E-state index in [2.05, 4.69) is 0 Å². The predicted molar refractivity (Wildman–Crippen MR) is 49.4 cm³/mol. The Morgan fingerprint density at radius 1 is 1.60 bits per heavy atom. The van der Waals surface area contributed by atoms with E-state index in [9.17, 15) is 18.0 Å². The molecule has 0 aromatic heterocycles. The molecule has 0 unspecified atom stereocenters. The second-order valence-corrected chi connectivity index (χ2v) is 3.53. The van der Waals surface area contributed by atoms with Crippen LogP contribution >= 0.6 is 0 Å². The van der Waals surface area contributed by atoms with Gasteiger partial charge in [0.1, 0.15) is 6.54 Å². The van der Waals surface area contributed by atoms with Gasteiger partial charge in [-0.05, 0) is 13.3 Å². The van der Waals surface area contributed by atoms with Crippen molar-refractivity contribution in [3.63, 3.8) is 0 Å². The molecular formula is C9H13F3N2O. The van der Waals surface area contributed by atoms with Crippen LogP contribution in [-0.4, -0.2) is 36.7 Å². The molecule has 2 amide bonds. The van der Waals surface area contributed by atoms with E-state index < -0.39 is 18.8 Å². The first kappa shape index (κ1) is 11.9. The van der Waals surface area contributed by atoms with Crippen molar-refractivity contribution in [3.05, 3.63) is 11.6 Å². The van der Waals surface area contributed by atoms with Gasteiger partial charge >= 0.3 is 12.2 Å². The lowest BCUT2D eigenvalue weighted by molar-refractivity contribution is -0.123. The van der Waals surface area contributed by atoms with Crippen LogP contribution in [0, 0.1) is 0 Å². The van der Waals surface area contributed by atoms with Gasteiger partial charge in [0.25, 0.3) is 0 Å². The summed E-state index contributed by atoms with van der Waals surface area (Å²) in [4.78, 5) is 12.7. The minimum atomic E-state index is -4.35. The first-order chi connectivity index (χ1) is 6.88. The van der Waals surface area contributed by atoms with Crippen molar-refractivity contribution >= 4 is 6.03 Å². The summed E-state index contributed by atoms with van der Waals surface area (Å²) < 4.78 is 35.4. The molecule has 1 aliphatic heterocycles. The van der Waals surface area contributed by atoms with Gasteiger partial charge in [-0.3, -0.25) is 0 Å². The van der Waals surface area contributed by atoms with Gasteiger partial charge in [0, 0.05) is 13.1 Å². The summed E-state index contributed by atoms with van der Waals surface area (Å²) in [5.41, 5.74) is 1.00. The maximum absolute atomic E-state index is 11.8. The molecule has 1 N–H and O–H groups in total. The van der Waals surface area contributed by atoms with Crippen molar-refractivity contribution in [3.8, 4) is 0 Å². The third kappa shape index (κ3) is 4.22. The topological polar surface area (TPSA) is 32.3 Å². The second-order valence-electron chi connectivity index (χ2n) is 3.53. The van der Waals surface area contributed by atoms with Crippen molar-refractivity contribution in [1.82, 2.24) is 10.2 Å². The highest BCUT2D eigenvalue weighted by Gasteiger charge is 2.29. The first-order valence-electron chi connectivity index (χ1n) is 4.63. The molecule has 0 bridgehead atoms. The first-order valence-corrected chi connectivity index (χ1v) is 4.63. The Hall–Kier alpha value is -1.20. The summed E-state index contributed by atoms with van der Waals surface area (Å²) in [6, 6.07) is -0.653. The molecule has 1 heterocycles. The molecule has 6 heteroatoms. The Morgan fingerprint density at radius 2 is 2.27 bits per heavy atom. The molecule has 0 spiro atoms. The Balaban J connectivity index is 2.38. The highest BCUT2D eigenvalue weighted by atomic mass is 19.4. The van der Waals surface area contributed by atoms with Crippen LogP contribution in [0.5, 0.6) is 0 Å². The predicted octanol–water partition coefficient (Wildman–Crippen LogP) is 1.91. The number of halogens is 3. The van der Waals surface area contributed by atoms with Gasteiger partial charge in [-0.1, -0.05) is 11.6 Å². The van der Waals surface area contributed by atoms with E-state index >= 15 is 0 Å². The molecule has 15 heavy (non-hydrogen) atoms. The fourth-order valence-corrected chi connectivity index (χ4v) is 1.37. The van der Waals surface area contributed by atoms with Crippen molar-refractivity contribution in [2.24, 2.45) is 0 Å². The standard InChI is InChI=1S/C9H13F3N2O/c1-7-3-2-4-14(5-7)8(15)13-6-9(10,11)12/h3H,2,4-6H2,1H3,(H,13,15). The zero-order chi connectivity index (χ0) is 11.5. The van der Waals surface area contributed by atoms with Gasteiger partial charge in [0.2, 0.25) is 0 Å². The Kier molecular flexibility index (Phi) is 3.60. The lowest BCUT2D eigenvalue weighted by atomic mass is 10.1. The van der Waals surface area contributed by atoms with Crippen LogP contribution in [0.2, 0.25) is 0 Å². The normalized spacial score (nSPS) is 17.3. The molecule has 0 aliphatic carbocycles. The molecule has 1 aliphatic rings. The van der Waals surface area contributed by atoms with Gasteiger partial charge in [0.05, 0.1) is 0 Å². The number of nitrogens with zero attached hydrogens (tertiary/aromatic N) is 1. The van der Waals surface area contributed by atoms with Gasteiger partial charge in [-0.2, -0.15) is 13.2 Å². The molecule has 0 fully saturated rings. The van der Waals surface area contributed by atoms with Crippen LogP contribution in [0.3, 0.4) is 0 Å². The summed E-state index contributed by atoms with van der Waals surface area (Å²) in [6.45, 7) is 1.46. The number of carbonyl (C=O) groups excluding carboxylic acids is 1. The van der Waals surface area contributed by atoms with Crippen LogP contribution in [0.4, 0.5) is 18.0 Å². The maximum atomic E-state index is 11.8. The van der Waals surface area contributed by atoms with E-state index in [0.29, 0.717) is 19.5 Å². The number of amides is 2. The average Bonchev–Trinajstić information content (AvgIpc) is 2.13. The summed E-state index contributed by atoms with van der Waals surface area (Å²) in [6.07, 6.45) is -1.67. The highest BCUT2D eigenvalue weighted by molar-refractivity contribution is 5.74. The maximum Gasteiger partial charge on any atom is 0.405 e. The number of hydrogen-bond donors (Lipinski definition) is 1. The fraction of sp³-hybridized carbons (Fsp3) is 0.667. The summed E-state index contributed by atoms with van der Waals surface area (Å²) in [5, 5.41) is 1.85. The molecule has 3 nitrogen and oxygen atoms in total. The third-order valence-corrected chi connectivity index (χ3v) is 2.06. The van der Waals surface area contributed by atoms with Gasteiger partial charge in [-0.15, -0.1) is 0 Å². The number of hydrogen-bond acceptors (Lipinski definition) is 1. The van der Waals surface area contributed by atoms with Crippen LogP contribution < -0.4 is 5.32 Å². The van der Waals surface area contributed by atoms with Crippen molar-refractivity contribution < 1.29 is 18.0 Å². The lowest BCUT2D eigenvalue weighted by Crippen LogP contribution is -2.45. The molecular weight excluding hydrogens is 209 g/mol.